The lowest BCUT2D eigenvalue weighted by molar-refractivity contribution is -0.105. The third-order valence-corrected chi connectivity index (χ3v) is 3.06. The van der Waals surface area contributed by atoms with Crippen LogP contribution >= 0.6 is 0 Å². The van der Waals surface area contributed by atoms with Crippen molar-refractivity contribution < 1.29 is 13.9 Å². The molecule has 0 saturated carbocycles. The normalized spacial score (nSPS) is 10.6. The van der Waals surface area contributed by atoms with Gasteiger partial charge in [0.25, 0.3) is 0 Å². The molecular weight excluding hydrogens is 275 g/mol. The van der Waals surface area contributed by atoms with Crippen LogP contribution in [0.2, 0.25) is 0 Å². The van der Waals surface area contributed by atoms with Crippen molar-refractivity contribution in [3.63, 3.8) is 0 Å². The fraction of sp³-hybridized carbons (Fsp3) is 0.0714. The summed E-state index contributed by atoms with van der Waals surface area (Å²) in [7, 11) is 1.47. The van der Waals surface area contributed by atoms with Crippen LogP contribution in [0.25, 0.3) is 22.3 Å². The van der Waals surface area contributed by atoms with E-state index in [-0.39, 0.29) is 5.82 Å². The van der Waals surface area contributed by atoms with Crippen molar-refractivity contribution in [3.8, 4) is 17.0 Å². The lowest BCUT2D eigenvalue weighted by Gasteiger charge is -2.07. The molecule has 2 N–H and O–H groups in total. The molecule has 2 aromatic heterocycles. The highest BCUT2D eigenvalue weighted by atomic mass is 19.1. The molecule has 2 heterocycles. The second kappa shape index (κ2) is 5.20. The summed E-state index contributed by atoms with van der Waals surface area (Å²) in [6, 6.07) is 7.69. The third kappa shape index (κ3) is 2.29. The molecule has 106 valence electrons. The largest absolute Gasteiger partial charge is 0.496 e. The third-order valence-electron chi connectivity index (χ3n) is 3.06. The number of methoxy groups -OCH3 is 1. The van der Waals surface area contributed by atoms with Crippen molar-refractivity contribution in [2.75, 3.05) is 12.4 Å². The number of carbonyl (C=O) groups excluding carboxylic acids is 1. The highest BCUT2D eigenvalue weighted by Gasteiger charge is 2.14. The van der Waals surface area contributed by atoms with E-state index in [9.17, 15) is 9.18 Å². The van der Waals surface area contributed by atoms with Crippen molar-refractivity contribution in [1.82, 2.24) is 15.2 Å². The zero-order chi connectivity index (χ0) is 14.8. The summed E-state index contributed by atoms with van der Waals surface area (Å²) in [5.74, 6) is 0.423. The lowest BCUT2D eigenvalue weighted by Crippen LogP contribution is -1.96. The Hall–Kier alpha value is -2.96. The molecular formula is C14H11FN4O2. The average Bonchev–Trinajstić information content (AvgIpc) is 2.90. The van der Waals surface area contributed by atoms with Gasteiger partial charge in [-0.15, -0.1) is 0 Å². The van der Waals surface area contributed by atoms with E-state index < -0.39 is 0 Å². The van der Waals surface area contributed by atoms with Gasteiger partial charge >= 0.3 is 0 Å². The van der Waals surface area contributed by atoms with E-state index in [0.717, 1.165) is 5.39 Å². The SMILES string of the molecule is COc1cc(F)ccc1-c1[nH]nc2nc(NC=O)ccc12. The predicted molar refractivity (Wildman–Crippen MR) is 75.5 cm³/mol. The molecule has 0 atom stereocenters. The quantitative estimate of drug-likeness (QED) is 0.721. The van der Waals surface area contributed by atoms with E-state index in [1.165, 1.54) is 19.2 Å². The number of halogens is 1. The van der Waals surface area contributed by atoms with E-state index in [1.54, 1.807) is 18.2 Å². The Morgan fingerprint density at radius 1 is 1.33 bits per heavy atom. The van der Waals surface area contributed by atoms with E-state index >= 15 is 0 Å². The minimum Gasteiger partial charge on any atom is -0.496 e. The predicted octanol–water partition coefficient (Wildman–Crippen LogP) is 2.34. The highest BCUT2D eigenvalue weighted by molar-refractivity contribution is 5.93. The number of nitrogens with zero attached hydrogens (tertiary/aromatic N) is 2. The van der Waals surface area contributed by atoms with Crippen LogP contribution in [0.15, 0.2) is 30.3 Å². The van der Waals surface area contributed by atoms with Gasteiger partial charge in [-0.2, -0.15) is 5.10 Å². The number of benzene rings is 1. The van der Waals surface area contributed by atoms with Gasteiger partial charge in [0.1, 0.15) is 17.4 Å². The number of amides is 1. The molecule has 0 aliphatic carbocycles. The van der Waals surface area contributed by atoms with Gasteiger partial charge in [0, 0.05) is 17.0 Å². The Kier molecular flexibility index (Phi) is 3.23. The van der Waals surface area contributed by atoms with Gasteiger partial charge in [0.05, 0.1) is 12.8 Å². The maximum Gasteiger partial charge on any atom is 0.212 e. The zero-order valence-corrected chi connectivity index (χ0v) is 11.1. The van der Waals surface area contributed by atoms with Crippen LogP contribution in [0.3, 0.4) is 0 Å². The van der Waals surface area contributed by atoms with Crippen LogP contribution in [0, 0.1) is 5.82 Å². The van der Waals surface area contributed by atoms with Gasteiger partial charge in [0.2, 0.25) is 6.41 Å². The summed E-state index contributed by atoms with van der Waals surface area (Å²) in [4.78, 5) is 14.6. The topological polar surface area (TPSA) is 79.9 Å². The maximum absolute atomic E-state index is 13.3. The molecule has 3 aromatic rings. The number of nitrogens with one attached hydrogen (secondary N) is 2. The highest BCUT2D eigenvalue weighted by Crippen LogP contribution is 2.33. The molecule has 0 fully saturated rings. The first-order chi connectivity index (χ1) is 10.2. The average molecular weight is 286 g/mol. The summed E-state index contributed by atoms with van der Waals surface area (Å²) in [6.45, 7) is 0. The molecule has 0 spiro atoms. The summed E-state index contributed by atoms with van der Waals surface area (Å²) in [6.07, 6.45) is 0.546. The summed E-state index contributed by atoms with van der Waals surface area (Å²) in [5.41, 5.74) is 1.80. The van der Waals surface area contributed by atoms with Crippen molar-refractivity contribution in [3.05, 3.63) is 36.1 Å². The zero-order valence-electron chi connectivity index (χ0n) is 11.1. The molecule has 21 heavy (non-hydrogen) atoms. The van der Waals surface area contributed by atoms with Crippen molar-refractivity contribution in [1.29, 1.82) is 0 Å². The number of hydrogen-bond donors (Lipinski definition) is 2. The minimum absolute atomic E-state index is 0.380. The molecule has 0 saturated heterocycles. The second-order valence-corrected chi connectivity index (χ2v) is 4.27. The first-order valence-electron chi connectivity index (χ1n) is 6.12. The summed E-state index contributed by atoms with van der Waals surface area (Å²) < 4.78 is 18.5. The van der Waals surface area contributed by atoms with E-state index in [2.05, 4.69) is 20.5 Å². The van der Waals surface area contributed by atoms with Crippen LogP contribution in [-0.4, -0.2) is 28.7 Å². The minimum atomic E-state index is -0.380. The smallest absolute Gasteiger partial charge is 0.212 e. The number of ether oxygens (including phenoxy) is 1. The second-order valence-electron chi connectivity index (χ2n) is 4.27. The number of aromatic nitrogens is 3. The standard InChI is InChI=1S/C14H11FN4O2/c1-21-11-6-8(15)2-3-9(11)13-10-4-5-12(16-7-20)17-14(10)19-18-13/h2-7H,1H3,(H2,16,17,18,19,20). The lowest BCUT2D eigenvalue weighted by atomic mass is 10.1. The number of aromatic amines is 1. The summed E-state index contributed by atoms with van der Waals surface area (Å²) in [5, 5.41) is 10.2. The fourth-order valence-electron chi connectivity index (χ4n) is 2.12. The number of rotatable bonds is 4. The van der Waals surface area contributed by atoms with E-state index in [0.29, 0.717) is 34.9 Å². The van der Waals surface area contributed by atoms with Crippen molar-refractivity contribution in [2.24, 2.45) is 0 Å². The first kappa shape index (κ1) is 13.0. The van der Waals surface area contributed by atoms with Gasteiger partial charge < -0.3 is 10.1 Å². The van der Waals surface area contributed by atoms with Crippen LogP contribution in [-0.2, 0) is 4.79 Å². The number of carbonyl (C=O) groups is 1. The number of H-pyrrole nitrogens is 1. The van der Waals surface area contributed by atoms with E-state index in [1.807, 2.05) is 0 Å². The number of fused-ring (bicyclic) bond motifs is 1. The molecule has 7 heteroatoms. The Balaban J connectivity index is 2.15. The van der Waals surface area contributed by atoms with Crippen molar-refractivity contribution in [2.45, 2.75) is 0 Å². The van der Waals surface area contributed by atoms with Crippen LogP contribution in [0.1, 0.15) is 0 Å². The molecule has 6 nitrogen and oxygen atoms in total. The maximum atomic E-state index is 13.3. The molecule has 0 bridgehead atoms. The van der Waals surface area contributed by atoms with Crippen molar-refractivity contribution >= 4 is 23.3 Å². The fourth-order valence-corrected chi connectivity index (χ4v) is 2.12. The molecule has 1 aromatic carbocycles. The Morgan fingerprint density at radius 3 is 2.95 bits per heavy atom. The number of pyridine rings is 1. The molecule has 0 aliphatic heterocycles. The van der Waals surface area contributed by atoms with Crippen LogP contribution < -0.4 is 10.1 Å². The van der Waals surface area contributed by atoms with Gasteiger partial charge in [-0.1, -0.05) is 0 Å². The monoisotopic (exact) mass is 286 g/mol. The molecule has 0 unspecified atom stereocenters. The first-order valence-corrected chi connectivity index (χ1v) is 6.12. The Morgan fingerprint density at radius 2 is 2.19 bits per heavy atom. The van der Waals surface area contributed by atoms with E-state index in [4.69, 9.17) is 4.74 Å². The van der Waals surface area contributed by atoms with Crippen LogP contribution in [0.5, 0.6) is 5.75 Å². The summed E-state index contributed by atoms with van der Waals surface area (Å²) >= 11 is 0. The van der Waals surface area contributed by atoms with Gasteiger partial charge in [0.15, 0.2) is 5.65 Å². The van der Waals surface area contributed by atoms with Gasteiger partial charge in [-0.3, -0.25) is 9.89 Å². The van der Waals surface area contributed by atoms with Gasteiger partial charge in [-0.25, -0.2) is 9.37 Å². The van der Waals surface area contributed by atoms with Crippen LogP contribution in [0.4, 0.5) is 10.2 Å². The molecule has 3 rings (SSSR count). The Labute approximate surface area is 119 Å². The molecule has 0 radical (unpaired) electrons. The Bertz CT molecular complexity index is 816. The molecule has 0 aliphatic rings. The number of hydrogen-bond acceptors (Lipinski definition) is 4. The molecule has 1 amide bonds. The number of anilines is 1. The van der Waals surface area contributed by atoms with Gasteiger partial charge in [-0.05, 0) is 24.3 Å².